The number of thiophene rings is 1. The Bertz CT molecular complexity index is 1080. The minimum Gasteiger partial charge on any atom is -0.310 e. The number of halogens is 1. The van der Waals surface area contributed by atoms with Gasteiger partial charge in [-0.3, -0.25) is 10.1 Å². The number of nitrogens with one attached hydrogen (secondary N) is 1. The van der Waals surface area contributed by atoms with Crippen LogP contribution in [0.4, 0.5) is 5.95 Å². The van der Waals surface area contributed by atoms with Crippen LogP contribution in [-0.4, -0.2) is 20.4 Å². The zero-order chi connectivity index (χ0) is 18.1. The SMILES string of the molecule is CCn1c(NC(=O)Cc2csc(-c3cc(Br)cs3)n2)nc2ccccc21. The number of aryl methyl sites for hydroxylation is 1. The number of fused-ring (bicyclic) bond motifs is 1. The predicted molar refractivity (Wildman–Crippen MR) is 111 cm³/mol. The van der Waals surface area contributed by atoms with Gasteiger partial charge in [-0.2, -0.15) is 0 Å². The van der Waals surface area contributed by atoms with Gasteiger partial charge in [-0.15, -0.1) is 22.7 Å². The molecule has 3 aromatic heterocycles. The summed E-state index contributed by atoms with van der Waals surface area (Å²) in [5.41, 5.74) is 2.67. The van der Waals surface area contributed by atoms with E-state index in [1.165, 1.54) is 0 Å². The lowest BCUT2D eigenvalue weighted by Crippen LogP contribution is -2.17. The van der Waals surface area contributed by atoms with E-state index in [0.29, 0.717) is 5.95 Å². The van der Waals surface area contributed by atoms with Crippen LogP contribution in [0.1, 0.15) is 12.6 Å². The Morgan fingerprint density at radius 2 is 2.08 bits per heavy atom. The maximum absolute atomic E-state index is 12.5. The number of thiazole rings is 1. The second-order valence-corrected chi connectivity index (χ2v) is 8.35. The number of imidazole rings is 1. The van der Waals surface area contributed by atoms with Crippen molar-refractivity contribution >= 4 is 61.5 Å². The van der Waals surface area contributed by atoms with Gasteiger partial charge in [0, 0.05) is 21.8 Å². The molecule has 4 aromatic rings. The monoisotopic (exact) mass is 446 g/mol. The van der Waals surface area contributed by atoms with Gasteiger partial charge in [0.25, 0.3) is 0 Å². The highest BCUT2D eigenvalue weighted by Crippen LogP contribution is 2.32. The number of hydrogen-bond acceptors (Lipinski definition) is 5. The molecule has 4 rings (SSSR count). The van der Waals surface area contributed by atoms with E-state index in [9.17, 15) is 4.79 Å². The van der Waals surface area contributed by atoms with Crippen molar-refractivity contribution in [1.82, 2.24) is 14.5 Å². The summed E-state index contributed by atoms with van der Waals surface area (Å²) in [6.07, 6.45) is 0.232. The van der Waals surface area contributed by atoms with Crippen molar-refractivity contribution in [2.75, 3.05) is 5.32 Å². The number of hydrogen-bond donors (Lipinski definition) is 1. The fraction of sp³-hybridized carbons (Fsp3) is 0.167. The number of benzene rings is 1. The highest BCUT2D eigenvalue weighted by Gasteiger charge is 2.14. The molecule has 0 spiro atoms. The first-order valence-corrected chi connectivity index (χ1v) is 10.6. The van der Waals surface area contributed by atoms with E-state index in [1.54, 1.807) is 22.7 Å². The molecule has 0 atom stereocenters. The molecule has 1 amide bonds. The molecule has 0 aliphatic rings. The maximum Gasteiger partial charge on any atom is 0.232 e. The van der Waals surface area contributed by atoms with E-state index in [-0.39, 0.29) is 12.3 Å². The van der Waals surface area contributed by atoms with Crippen LogP contribution >= 0.6 is 38.6 Å². The van der Waals surface area contributed by atoms with Crippen LogP contribution in [0.15, 0.2) is 45.6 Å². The third-order valence-electron chi connectivity index (χ3n) is 3.89. The number of carbonyl (C=O) groups excluding carboxylic acids is 1. The summed E-state index contributed by atoms with van der Waals surface area (Å²) in [6.45, 7) is 2.78. The zero-order valence-corrected chi connectivity index (χ0v) is 17.1. The molecule has 5 nitrogen and oxygen atoms in total. The lowest BCUT2D eigenvalue weighted by atomic mass is 10.3. The van der Waals surface area contributed by atoms with Crippen LogP contribution < -0.4 is 5.32 Å². The number of aromatic nitrogens is 3. The molecule has 0 saturated heterocycles. The van der Waals surface area contributed by atoms with Crippen molar-refractivity contribution in [3.63, 3.8) is 0 Å². The van der Waals surface area contributed by atoms with Crippen molar-refractivity contribution < 1.29 is 4.79 Å². The zero-order valence-electron chi connectivity index (χ0n) is 13.9. The molecule has 8 heteroatoms. The Labute approximate surface area is 166 Å². The van der Waals surface area contributed by atoms with E-state index < -0.39 is 0 Å². The molecule has 26 heavy (non-hydrogen) atoms. The first-order chi connectivity index (χ1) is 12.6. The van der Waals surface area contributed by atoms with Crippen LogP contribution in [0.25, 0.3) is 20.9 Å². The molecule has 3 heterocycles. The fourth-order valence-electron chi connectivity index (χ4n) is 2.75. The average Bonchev–Trinajstić information content (AvgIpc) is 3.32. The van der Waals surface area contributed by atoms with Crippen LogP contribution in [0.5, 0.6) is 0 Å². The van der Waals surface area contributed by atoms with Crippen LogP contribution in [-0.2, 0) is 17.8 Å². The summed E-state index contributed by atoms with van der Waals surface area (Å²) in [6, 6.07) is 9.91. The summed E-state index contributed by atoms with van der Waals surface area (Å²) in [5.74, 6) is 0.468. The molecule has 0 aliphatic carbocycles. The highest BCUT2D eigenvalue weighted by molar-refractivity contribution is 9.10. The number of anilines is 1. The molecule has 1 N–H and O–H groups in total. The molecule has 1 aromatic carbocycles. The van der Waals surface area contributed by atoms with Gasteiger partial charge in [0.2, 0.25) is 11.9 Å². The van der Waals surface area contributed by atoms with Gasteiger partial charge in [-0.1, -0.05) is 12.1 Å². The summed E-state index contributed by atoms with van der Waals surface area (Å²) >= 11 is 6.64. The van der Waals surface area contributed by atoms with Gasteiger partial charge in [0.15, 0.2) is 0 Å². The quantitative estimate of drug-likeness (QED) is 0.458. The highest BCUT2D eigenvalue weighted by atomic mass is 79.9. The number of para-hydroxylation sites is 2. The van der Waals surface area contributed by atoms with E-state index >= 15 is 0 Å². The smallest absolute Gasteiger partial charge is 0.232 e. The Kier molecular flexibility index (Phi) is 4.88. The number of amides is 1. The van der Waals surface area contributed by atoms with Crippen molar-refractivity contribution in [2.24, 2.45) is 0 Å². The lowest BCUT2D eigenvalue weighted by molar-refractivity contribution is -0.115. The van der Waals surface area contributed by atoms with Crippen LogP contribution in [0, 0.1) is 0 Å². The van der Waals surface area contributed by atoms with Gasteiger partial charge < -0.3 is 4.57 Å². The van der Waals surface area contributed by atoms with Crippen LogP contribution in [0.2, 0.25) is 0 Å². The Morgan fingerprint density at radius 3 is 2.85 bits per heavy atom. The fourth-order valence-corrected chi connectivity index (χ4v) is 5.08. The molecular formula is C18H15BrN4OS2. The van der Waals surface area contributed by atoms with E-state index in [4.69, 9.17) is 0 Å². The molecule has 0 unspecified atom stereocenters. The van der Waals surface area contributed by atoms with Crippen molar-refractivity contribution in [2.45, 2.75) is 19.9 Å². The Balaban J connectivity index is 1.50. The van der Waals surface area contributed by atoms with Crippen molar-refractivity contribution in [3.8, 4) is 9.88 Å². The van der Waals surface area contributed by atoms with Crippen LogP contribution in [0.3, 0.4) is 0 Å². The topological polar surface area (TPSA) is 59.8 Å². The maximum atomic E-state index is 12.5. The standard InChI is InChI=1S/C18H15BrN4OS2/c1-2-23-14-6-4-3-5-13(14)21-18(23)22-16(24)8-12-10-26-17(20-12)15-7-11(19)9-25-15/h3-7,9-10H,2,8H2,1H3,(H,21,22,24). The van der Waals surface area contributed by atoms with Crippen molar-refractivity contribution in [1.29, 1.82) is 0 Å². The molecular weight excluding hydrogens is 432 g/mol. The largest absolute Gasteiger partial charge is 0.310 e. The summed E-state index contributed by atoms with van der Waals surface area (Å²) in [4.78, 5) is 22.7. The van der Waals surface area contributed by atoms with E-state index in [1.807, 2.05) is 52.6 Å². The minimum atomic E-state index is -0.112. The third-order valence-corrected chi connectivity index (χ3v) is 6.65. The average molecular weight is 447 g/mol. The molecule has 0 aliphatic heterocycles. The first-order valence-electron chi connectivity index (χ1n) is 8.08. The van der Waals surface area contributed by atoms with E-state index in [2.05, 4.69) is 31.2 Å². The molecule has 0 saturated carbocycles. The van der Waals surface area contributed by atoms with Crippen molar-refractivity contribution in [3.05, 3.63) is 51.3 Å². The van der Waals surface area contributed by atoms with Gasteiger partial charge in [0.1, 0.15) is 5.01 Å². The third kappa shape index (κ3) is 3.44. The molecule has 0 radical (unpaired) electrons. The Hall–Kier alpha value is -2.03. The van der Waals surface area contributed by atoms with E-state index in [0.717, 1.165) is 37.6 Å². The normalized spacial score (nSPS) is 11.2. The number of nitrogens with zero attached hydrogens (tertiary/aromatic N) is 3. The predicted octanol–water partition coefficient (Wildman–Crippen LogP) is 5.18. The minimum absolute atomic E-state index is 0.112. The lowest BCUT2D eigenvalue weighted by Gasteiger charge is -2.06. The number of rotatable bonds is 5. The molecule has 0 bridgehead atoms. The summed E-state index contributed by atoms with van der Waals surface area (Å²) in [5, 5.41) is 7.82. The number of carbonyl (C=O) groups is 1. The molecule has 0 fully saturated rings. The summed E-state index contributed by atoms with van der Waals surface area (Å²) < 4.78 is 3.05. The second-order valence-electron chi connectivity index (χ2n) is 5.67. The second kappa shape index (κ2) is 7.30. The van der Waals surface area contributed by atoms with Gasteiger partial charge in [0.05, 0.1) is 28.0 Å². The van der Waals surface area contributed by atoms with Gasteiger partial charge >= 0.3 is 0 Å². The molecule has 132 valence electrons. The van der Waals surface area contributed by atoms with Gasteiger partial charge in [-0.05, 0) is 41.1 Å². The summed E-state index contributed by atoms with van der Waals surface area (Å²) in [7, 11) is 0. The Morgan fingerprint density at radius 1 is 1.23 bits per heavy atom. The van der Waals surface area contributed by atoms with Gasteiger partial charge in [-0.25, -0.2) is 9.97 Å². The first kappa shape index (κ1) is 17.4.